The fourth-order valence-electron chi connectivity index (χ4n) is 1.56. The molecule has 6 heteroatoms. The van der Waals surface area contributed by atoms with Crippen molar-refractivity contribution in [3.63, 3.8) is 0 Å². The Bertz CT molecular complexity index is 474. The summed E-state index contributed by atoms with van der Waals surface area (Å²) in [7, 11) is 0. The van der Waals surface area contributed by atoms with Gasteiger partial charge in [0.2, 0.25) is 5.91 Å². The van der Waals surface area contributed by atoms with E-state index in [4.69, 9.17) is 10.5 Å². The zero-order valence-electron chi connectivity index (χ0n) is 12.0. The number of hydrogen-bond donors (Lipinski definition) is 3. The van der Waals surface area contributed by atoms with Gasteiger partial charge in [-0.15, -0.1) is 0 Å². The Morgan fingerprint density at radius 2 is 2.00 bits per heavy atom. The first kappa shape index (κ1) is 16.0. The number of hydrogen-bond acceptors (Lipinski definition) is 4. The summed E-state index contributed by atoms with van der Waals surface area (Å²) < 4.78 is 5.52. The lowest BCUT2D eigenvalue weighted by Crippen LogP contribution is -2.43. The van der Waals surface area contributed by atoms with Crippen LogP contribution in [0, 0.1) is 0 Å². The quantitative estimate of drug-likeness (QED) is 0.737. The molecule has 4 N–H and O–H groups in total. The second kappa shape index (κ2) is 7.49. The average molecular weight is 279 g/mol. The molecule has 1 atom stereocenters. The molecule has 0 fully saturated rings. The Kier molecular flexibility index (Phi) is 5.99. The Morgan fingerprint density at radius 3 is 2.60 bits per heavy atom. The van der Waals surface area contributed by atoms with E-state index < -0.39 is 18.0 Å². The molecule has 0 unspecified atom stereocenters. The van der Waals surface area contributed by atoms with Crippen LogP contribution in [0.25, 0.3) is 0 Å². The van der Waals surface area contributed by atoms with Crippen LogP contribution in [0.1, 0.15) is 26.3 Å². The highest BCUT2D eigenvalue weighted by Gasteiger charge is 2.14. The van der Waals surface area contributed by atoms with Gasteiger partial charge in [0.15, 0.2) is 0 Å². The Hall–Kier alpha value is -2.08. The van der Waals surface area contributed by atoms with Crippen LogP contribution >= 0.6 is 0 Å². The van der Waals surface area contributed by atoms with Crippen LogP contribution in [0.2, 0.25) is 0 Å². The molecule has 110 valence electrons. The predicted octanol–water partition coefficient (Wildman–Crippen LogP) is 1.61. The van der Waals surface area contributed by atoms with Crippen LogP contribution in [0.5, 0.6) is 0 Å². The SMILES string of the molecule is CC(C)OCc1cccc(N[C@H](C)C(=O)NC(N)=O)c1. The van der Waals surface area contributed by atoms with Crippen LogP contribution in [-0.4, -0.2) is 24.1 Å². The first-order valence-electron chi connectivity index (χ1n) is 6.46. The number of ether oxygens (including phenoxy) is 1. The topological polar surface area (TPSA) is 93.4 Å². The van der Waals surface area contributed by atoms with Crippen molar-refractivity contribution in [2.45, 2.75) is 39.5 Å². The van der Waals surface area contributed by atoms with E-state index in [9.17, 15) is 9.59 Å². The maximum Gasteiger partial charge on any atom is 0.318 e. The van der Waals surface area contributed by atoms with Crippen LogP contribution < -0.4 is 16.4 Å². The van der Waals surface area contributed by atoms with Crippen LogP contribution in [-0.2, 0) is 16.1 Å². The minimum Gasteiger partial charge on any atom is -0.374 e. The summed E-state index contributed by atoms with van der Waals surface area (Å²) in [6.07, 6.45) is 0.159. The van der Waals surface area contributed by atoms with Gasteiger partial charge in [-0.05, 0) is 38.5 Å². The third kappa shape index (κ3) is 5.71. The number of amides is 3. The number of carbonyl (C=O) groups excluding carboxylic acids is 2. The standard InChI is InChI=1S/C14H21N3O3/c1-9(2)20-8-11-5-4-6-12(7-11)16-10(3)13(18)17-14(15)19/h4-7,9-10,16H,8H2,1-3H3,(H3,15,17,18,19)/t10-/m1/s1. The summed E-state index contributed by atoms with van der Waals surface area (Å²) in [5, 5.41) is 5.03. The summed E-state index contributed by atoms with van der Waals surface area (Å²) in [4.78, 5) is 22.2. The molecular weight excluding hydrogens is 258 g/mol. The molecule has 0 aliphatic carbocycles. The third-order valence-corrected chi connectivity index (χ3v) is 2.53. The van der Waals surface area contributed by atoms with E-state index in [0.29, 0.717) is 6.61 Å². The summed E-state index contributed by atoms with van der Waals surface area (Å²) in [6, 6.07) is 6.14. The highest BCUT2D eigenvalue weighted by atomic mass is 16.5. The van der Waals surface area contributed by atoms with Gasteiger partial charge in [0.1, 0.15) is 6.04 Å². The highest BCUT2D eigenvalue weighted by Crippen LogP contribution is 2.13. The van der Waals surface area contributed by atoms with Gasteiger partial charge in [0.25, 0.3) is 0 Å². The van der Waals surface area contributed by atoms with Crippen molar-refractivity contribution < 1.29 is 14.3 Å². The third-order valence-electron chi connectivity index (χ3n) is 2.53. The van der Waals surface area contributed by atoms with Crippen molar-refractivity contribution in [3.8, 4) is 0 Å². The predicted molar refractivity (Wildman–Crippen MR) is 77.2 cm³/mol. The Balaban J connectivity index is 2.61. The molecule has 0 aromatic heterocycles. The molecular formula is C14H21N3O3. The van der Waals surface area contributed by atoms with Gasteiger partial charge in [-0.3, -0.25) is 10.1 Å². The lowest BCUT2D eigenvalue weighted by Gasteiger charge is -2.15. The molecule has 1 aromatic carbocycles. The molecule has 0 spiro atoms. The largest absolute Gasteiger partial charge is 0.374 e. The summed E-state index contributed by atoms with van der Waals surface area (Å²) in [6.45, 7) is 6.10. The first-order chi connectivity index (χ1) is 9.38. The van der Waals surface area contributed by atoms with Gasteiger partial charge in [-0.25, -0.2) is 4.79 Å². The average Bonchev–Trinajstić information content (AvgIpc) is 2.36. The lowest BCUT2D eigenvalue weighted by atomic mass is 10.2. The van der Waals surface area contributed by atoms with Gasteiger partial charge in [0.05, 0.1) is 12.7 Å². The van der Waals surface area contributed by atoms with Gasteiger partial charge in [0, 0.05) is 5.69 Å². The van der Waals surface area contributed by atoms with Crippen molar-refractivity contribution in [2.75, 3.05) is 5.32 Å². The molecule has 0 bridgehead atoms. The van der Waals surface area contributed by atoms with E-state index in [1.54, 1.807) is 6.92 Å². The van der Waals surface area contributed by atoms with E-state index >= 15 is 0 Å². The number of urea groups is 1. The van der Waals surface area contributed by atoms with Crippen molar-refractivity contribution in [3.05, 3.63) is 29.8 Å². The van der Waals surface area contributed by atoms with E-state index in [1.165, 1.54) is 0 Å². The molecule has 0 aliphatic heterocycles. The van der Waals surface area contributed by atoms with Crippen molar-refractivity contribution >= 4 is 17.6 Å². The number of benzene rings is 1. The molecule has 0 saturated carbocycles. The second-order valence-electron chi connectivity index (χ2n) is 4.78. The first-order valence-corrected chi connectivity index (χ1v) is 6.46. The molecule has 1 aromatic rings. The van der Waals surface area contributed by atoms with Gasteiger partial charge < -0.3 is 15.8 Å². The molecule has 0 heterocycles. The summed E-state index contributed by atoms with van der Waals surface area (Å²) in [5.74, 6) is -0.471. The summed E-state index contributed by atoms with van der Waals surface area (Å²) >= 11 is 0. The monoisotopic (exact) mass is 279 g/mol. The number of carbonyl (C=O) groups is 2. The molecule has 3 amide bonds. The fourth-order valence-corrected chi connectivity index (χ4v) is 1.56. The normalized spacial score (nSPS) is 12.0. The van der Waals surface area contributed by atoms with E-state index in [2.05, 4.69) is 5.32 Å². The number of primary amides is 1. The molecule has 20 heavy (non-hydrogen) atoms. The van der Waals surface area contributed by atoms with Crippen LogP contribution in [0.4, 0.5) is 10.5 Å². The molecule has 0 saturated heterocycles. The smallest absolute Gasteiger partial charge is 0.318 e. The fraction of sp³-hybridized carbons (Fsp3) is 0.429. The molecule has 0 aliphatic rings. The zero-order valence-corrected chi connectivity index (χ0v) is 12.0. The van der Waals surface area contributed by atoms with E-state index in [1.807, 2.05) is 43.4 Å². The minimum absolute atomic E-state index is 0.159. The number of imide groups is 1. The second-order valence-corrected chi connectivity index (χ2v) is 4.78. The Labute approximate surface area is 118 Å². The van der Waals surface area contributed by atoms with Crippen LogP contribution in [0.3, 0.4) is 0 Å². The Morgan fingerprint density at radius 1 is 1.30 bits per heavy atom. The van der Waals surface area contributed by atoms with Crippen molar-refractivity contribution in [2.24, 2.45) is 5.73 Å². The lowest BCUT2D eigenvalue weighted by molar-refractivity contribution is -0.120. The van der Waals surface area contributed by atoms with Crippen molar-refractivity contribution in [1.29, 1.82) is 0 Å². The van der Waals surface area contributed by atoms with Gasteiger partial charge >= 0.3 is 6.03 Å². The number of rotatable bonds is 6. The number of nitrogens with one attached hydrogen (secondary N) is 2. The molecule has 6 nitrogen and oxygen atoms in total. The van der Waals surface area contributed by atoms with E-state index in [0.717, 1.165) is 11.3 Å². The highest BCUT2D eigenvalue weighted by molar-refractivity contribution is 5.97. The van der Waals surface area contributed by atoms with Crippen molar-refractivity contribution in [1.82, 2.24) is 5.32 Å². The maximum atomic E-state index is 11.6. The molecule has 1 rings (SSSR count). The van der Waals surface area contributed by atoms with E-state index in [-0.39, 0.29) is 6.10 Å². The maximum absolute atomic E-state index is 11.6. The van der Waals surface area contributed by atoms with Gasteiger partial charge in [-0.1, -0.05) is 12.1 Å². The minimum atomic E-state index is -0.859. The van der Waals surface area contributed by atoms with Crippen LogP contribution in [0.15, 0.2) is 24.3 Å². The number of anilines is 1. The zero-order chi connectivity index (χ0) is 15.1. The number of nitrogens with two attached hydrogens (primary N) is 1. The molecule has 0 radical (unpaired) electrons. The van der Waals surface area contributed by atoms with Gasteiger partial charge in [-0.2, -0.15) is 0 Å². The summed E-state index contributed by atoms with van der Waals surface area (Å²) in [5.41, 5.74) is 6.69.